The molecule has 0 atom stereocenters. The largest absolute Gasteiger partial charge is 0.356 e. The van der Waals surface area contributed by atoms with Crippen LogP contribution in [0.3, 0.4) is 0 Å². The molecule has 0 saturated carbocycles. The number of guanidine groups is 1. The Morgan fingerprint density at radius 3 is 2.40 bits per heavy atom. The van der Waals surface area contributed by atoms with Gasteiger partial charge >= 0.3 is 0 Å². The zero-order chi connectivity index (χ0) is 14.3. The van der Waals surface area contributed by atoms with Gasteiger partial charge in [-0.05, 0) is 26.2 Å². The van der Waals surface area contributed by atoms with Gasteiger partial charge in [0.2, 0.25) is 0 Å². The third-order valence-corrected chi connectivity index (χ3v) is 4.01. The third-order valence-electron chi connectivity index (χ3n) is 2.88. The summed E-state index contributed by atoms with van der Waals surface area (Å²) in [7, 11) is 1.81. The van der Waals surface area contributed by atoms with Gasteiger partial charge in [-0.1, -0.05) is 13.8 Å². The van der Waals surface area contributed by atoms with Crippen LogP contribution < -0.4 is 10.6 Å². The van der Waals surface area contributed by atoms with Crippen LogP contribution in [0.15, 0.2) is 4.99 Å². The van der Waals surface area contributed by atoms with E-state index in [0.717, 1.165) is 42.6 Å². The Bertz CT molecular complexity index is 415. The fraction of sp³-hybridized carbons (Fsp3) is 0.714. The zero-order valence-corrected chi connectivity index (χ0v) is 16.3. The van der Waals surface area contributed by atoms with E-state index in [1.807, 2.05) is 7.05 Å². The van der Waals surface area contributed by atoms with E-state index < -0.39 is 0 Å². The number of aromatic nitrogens is 1. The van der Waals surface area contributed by atoms with Crippen molar-refractivity contribution in [2.24, 2.45) is 10.9 Å². The number of nitrogens with zero attached hydrogens (tertiary/aromatic N) is 2. The first-order valence-electron chi connectivity index (χ1n) is 6.90. The first-order chi connectivity index (χ1) is 9.02. The topological polar surface area (TPSA) is 49.3 Å². The summed E-state index contributed by atoms with van der Waals surface area (Å²) in [5.41, 5.74) is 1.16. The Morgan fingerprint density at radius 2 is 1.90 bits per heavy atom. The smallest absolute Gasteiger partial charge is 0.190 e. The molecule has 116 valence electrons. The minimum absolute atomic E-state index is 0. The lowest BCUT2D eigenvalue weighted by Crippen LogP contribution is -2.39. The van der Waals surface area contributed by atoms with Crippen LogP contribution in [0.4, 0.5) is 0 Å². The maximum Gasteiger partial charge on any atom is 0.190 e. The van der Waals surface area contributed by atoms with Gasteiger partial charge in [0.1, 0.15) is 0 Å². The predicted molar refractivity (Wildman–Crippen MR) is 99.5 cm³/mol. The molecule has 0 aliphatic rings. The normalized spacial score (nSPS) is 11.4. The molecule has 0 aliphatic carbocycles. The second kappa shape index (κ2) is 10.4. The van der Waals surface area contributed by atoms with Gasteiger partial charge in [-0.3, -0.25) is 4.99 Å². The van der Waals surface area contributed by atoms with Crippen LogP contribution >= 0.6 is 35.3 Å². The molecule has 1 rings (SSSR count). The summed E-state index contributed by atoms with van der Waals surface area (Å²) >= 11 is 1.78. The molecular weight excluding hydrogens is 383 g/mol. The van der Waals surface area contributed by atoms with Crippen LogP contribution in [0.2, 0.25) is 0 Å². The van der Waals surface area contributed by atoms with Crippen molar-refractivity contribution in [2.45, 2.75) is 40.5 Å². The molecule has 2 N–H and O–H groups in total. The van der Waals surface area contributed by atoms with Crippen molar-refractivity contribution in [2.75, 3.05) is 20.1 Å². The molecule has 6 heteroatoms. The summed E-state index contributed by atoms with van der Waals surface area (Å²) in [5, 5.41) is 7.82. The van der Waals surface area contributed by atoms with E-state index in [1.54, 1.807) is 11.3 Å². The van der Waals surface area contributed by atoms with Crippen molar-refractivity contribution < 1.29 is 0 Å². The monoisotopic (exact) mass is 410 g/mol. The summed E-state index contributed by atoms with van der Waals surface area (Å²) in [4.78, 5) is 10.0. The first-order valence-corrected chi connectivity index (χ1v) is 7.72. The van der Waals surface area contributed by atoms with Gasteiger partial charge in [-0.25, -0.2) is 4.98 Å². The summed E-state index contributed by atoms with van der Waals surface area (Å²) in [6.45, 7) is 10.5. The number of aryl methyl sites for hydroxylation is 2. The van der Waals surface area contributed by atoms with E-state index in [-0.39, 0.29) is 24.0 Å². The van der Waals surface area contributed by atoms with Crippen LogP contribution in [-0.2, 0) is 6.42 Å². The van der Waals surface area contributed by atoms with Crippen molar-refractivity contribution in [1.29, 1.82) is 0 Å². The molecule has 0 aromatic carbocycles. The van der Waals surface area contributed by atoms with Crippen molar-refractivity contribution in [1.82, 2.24) is 15.6 Å². The molecule has 0 bridgehead atoms. The van der Waals surface area contributed by atoms with Gasteiger partial charge in [0.15, 0.2) is 5.96 Å². The number of hydrogen-bond acceptors (Lipinski definition) is 3. The summed E-state index contributed by atoms with van der Waals surface area (Å²) < 4.78 is 0. The molecule has 1 aromatic heterocycles. The lowest BCUT2D eigenvalue weighted by molar-refractivity contribution is 0.573. The number of aliphatic imine (C=N–C) groups is 1. The third kappa shape index (κ3) is 7.42. The highest BCUT2D eigenvalue weighted by Crippen LogP contribution is 2.16. The average Bonchev–Trinajstić information content (AvgIpc) is 2.65. The van der Waals surface area contributed by atoms with Crippen molar-refractivity contribution >= 4 is 41.3 Å². The predicted octanol–water partition coefficient (Wildman–Crippen LogP) is 3.13. The second-order valence-corrected chi connectivity index (χ2v) is 6.39. The lowest BCUT2D eigenvalue weighted by atomic mass is 10.1. The molecule has 0 saturated heterocycles. The van der Waals surface area contributed by atoms with E-state index in [1.165, 1.54) is 4.88 Å². The molecule has 0 spiro atoms. The van der Waals surface area contributed by atoms with E-state index in [0.29, 0.717) is 5.92 Å². The van der Waals surface area contributed by atoms with Gasteiger partial charge in [0, 0.05) is 31.4 Å². The van der Waals surface area contributed by atoms with Crippen LogP contribution in [0.5, 0.6) is 0 Å². The number of halogens is 1. The van der Waals surface area contributed by atoms with Crippen LogP contribution in [0.25, 0.3) is 0 Å². The number of thiazole rings is 1. The number of hydrogen-bond donors (Lipinski definition) is 2. The molecule has 0 radical (unpaired) electrons. The fourth-order valence-electron chi connectivity index (χ4n) is 1.80. The van der Waals surface area contributed by atoms with Crippen molar-refractivity contribution in [3.8, 4) is 0 Å². The first kappa shape index (κ1) is 19.6. The number of nitrogens with one attached hydrogen (secondary N) is 2. The SMILES string of the molecule is CN=C(NCCc1sc(C)nc1C)NCCC(C)C.I. The van der Waals surface area contributed by atoms with Crippen LogP contribution in [-0.4, -0.2) is 31.1 Å². The molecular formula is C14H27IN4S. The molecule has 0 aliphatic heterocycles. The van der Waals surface area contributed by atoms with Crippen LogP contribution in [0.1, 0.15) is 35.8 Å². The Balaban J connectivity index is 0.00000361. The molecule has 4 nitrogen and oxygen atoms in total. The summed E-state index contributed by atoms with van der Waals surface area (Å²) in [6.07, 6.45) is 2.16. The quantitative estimate of drug-likeness (QED) is 0.431. The standard InChI is InChI=1S/C14H26N4S.HI/c1-10(2)6-8-16-14(15-5)17-9-7-13-11(3)18-12(4)19-13;/h10H,6-9H2,1-5H3,(H2,15,16,17);1H. The minimum Gasteiger partial charge on any atom is -0.356 e. The van der Waals surface area contributed by atoms with E-state index >= 15 is 0 Å². The van der Waals surface area contributed by atoms with Gasteiger partial charge in [0.05, 0.1) is 10.7 Å². The Morgan fingerprint density at radius 1 is 1.25 bits per heavy atom. The second-order valence-electron chi connectivity index (χ2n) is 5.10. The highest BCUT2D eigenvalue weighted by Gasteiger charge is 2.05. The lowest BCUT2D eigenvalue weighted by Gasteiger charge is -2.12. The van der Waals surface area contributed by atoms with Crippen molar-refractivity contribution in [3.05, 3.63) is 15.6 Å². The highest BCUT2D eigenvalue weighted by atomic mass is 127. The van der Waals surface area contributed by atoms with Gasteiger partial charge in [-0.15, -0.1) is 35.3 Å². The van der Waals surface area contributed by atoms with E-state index in [9.17, 15) is 0 Å². The zero-order valence-electron chi connectivity index (χ0n) is 13.1. The minimum atomic E-state index is 0. The maximum atomic E-state index is 4.44. The molecule has 0 fully saturated rings. The maximum absolute atomic E-state index is 4.44. The van der Waals surface area contributed by atoms with Gasteiger partial charge in [0.25, 0.3) is 0 Å². The Labute approximate surface area is 143 Å². The van der Waals surface area contributed by atoms with E-state index in [4.69, 9.17) is 0 Å². The number of rotatable bonds is 6. The molecule has 1 aromatic rings. The Kier molecular flexibility index (Phi) is 10.2. The fourth-order valence-corrected chi connectivity index (χ4v) is 2.74. The van der Waals surface area contributed by atoms with Crippen molar-refractivity contribution in [3.63, 3.8) is 0 Å². The van der Waals surface area contributed by atoms with E-state index in [2.05, 4.69) is 48.3 Å². The molecule has 0 amide bonds. The van der Waals surface area contributed by atoms with Crippen LogP contribution in [0, 0.1) is 19.8 Å². The Hall–Kier alpha value is -0.370. The van der Waals surface area contributed by atoms with Gasteiger partial charge in [-0.2, -0.15) is 0 Å². The molecule has 20 heavy (non-hydrogen) atoms. The molecule has 0 unspecified atom stereocenters. The average molecular weight is 410 g/mol. The highest BCUT2D eigenvalue weighted by molar-refractivity contribution is 14.0. The van der Waals surface area contributed by atoms with Gasteiger partial charge < -0.3 is 10.6 Å². The summed E-state index contributed by atoms with van der Waals surface area (Å²) in [5.74, 6) is 1.60. The molecule has 1 heterocycles. The summed E-state index contributed by atoms with van der Waals surface area (Å²) in [6, 6.07) is 0.